The van der Waals surface area contributed by atoms with Gasteiger partial charge in [-0.3, -0.25) is 14.5 Å². The lowest BCUT2D eigenvalue weighted by molar-refractivity contribution is -0.130. The van der Waals surface area contributed by atoms with E-state index in [0.717, 1.165) is 16.5 Å². The number of benzene rings is 2. The number of aromatic amines is 1. The zero-order chi connectivity index (χ0) is 20.5. The van der Waals surface area contributed by atoms with E-state index in [4.69, 9.17) is 12.2 Å². The van der Waals surface area contributed by atoms with Crippen molar-refractivity contribution in [3.05, 3.63) is 65.9 Å². The smallest absolute Gasteiger partial charge is 0.251 e. The molecule has 6 nitrogen and oxygen atoms in total. The zero-order valence-corrected chi connectivity index (χ0v) is 17.1. The van der Waals surface area contributed by atoms with E-state index in [-0.39, 0.29) is 18.2 Å². The summed E-state index contributed by atoms with van der Waals surface area (Å²) in [4.78, 5) is 31.8. The van der Waals surface area contributed by atoms with Gasteiger partial charge in [-0.2, -0.15) is 0 Å². The van der Waals surface area contributed by atoms with Gasteiger partial charge in [-0.15, -0.1) is 0 Å². The van der Waals surface area contributed by atoms with Crippen molar-refractivity contribution in [1.82, 2.24) is 14.8 Å². The number of nitrogens with one attached hydrogen (secondary N) is 2. The number of hydrogen-bond acceptors (Lipinski definition) is 3. The standard InChI is InChI=1S/C22H22N4O2S/c1-14-3-5-15(6-4-14)13-26-19(21(28)25(2)22(26)29)12-20(27)24-17-8-7-16-9-10-23-18(16)11-17/h3-11,19,23H,12-13H2,1-2H3,(H,24,27). The molecule has 1 aromatic heterocycles. The minimum Gasteiger partial charge on any atom is -0.361 e. The molecule has 2 heterocycles. The molecule has 29 heavy (non-hydrogen) atoms. The van der Waals surface area contributed by atoms with Crippen molar-refractivity contribution < 1.29 is 9.59 Å². The van der Waals surface area contributed by atoms with Gasteiger partial charge in [0.1, 0.15) is 6.04 Å². The summed E-state index contributed by atoms with van der Waals surface area (Å²) in [7, 11) is 1.66. The maximum atomic E-state index is 12.7. The highest BCUT2D eigenvalue weighted by Gasteiger charge is 2.41. The average Bonchev–Trinajstić information content (AvgIpc) is 3.24. The minimum atomic E-state index is -0.608. The minimum absolute atomic E-state index is 0.0396. The Morgan fingerprint density at radius 3 is 2.69 bits per heavy atom. The van der Waals surface area contributed by atoms with Crippen molar-refractivity contribution >= 4 is 45.7 Å². The summed E-state index contributed by atoms with van der Waals surface area (Å²) in [6, 6.07) is 15.1. The molecule has 1 saturated heterocycles. The highest BCUT2D eigenvalue weighted by Crippen LogP contribution is 2.23. The number of H-pyrrole nitrogens is 1. The van der Waals surface area contributed by atoms with E-state index in [1.807, 2.05) is 66.6 Å². The molecule has 3 aromatic rings. The van der Waals surface area contributed by atoms with E-state index in [2.05, 4.69) is 10.3 Å². The lowest BCUT2D eigenvalue weighted by Gasteiger charge is -2.23. The van der Waals surface area contributed by atoms with Crippen molar-refractivity contribution in [3.63, 3.8) is 0 Å². The largest absolute Gasteiger partial charge is 0.361 e. The number of hydrogen-bond donors (Lipinski definition) is 2. The van der Waals surface area contributed by atoms with Gasteiger partial charge in [0.15, 0.2) is 5.11 Å². The number of anilines is 1. The molecule has 0 aliphatic carbocycles. The second-order valence-electron chi connectivity index (χ2n) is 7.34. The highest BCUT2D eigenvalue weighted by atomic mass is 32.1. The van der Waals surface area contributed by atoms with Crippen molar-refractivity contribution in [2.75, 3.05) is 12.4 Å². The van der Waals surface area contributed by atoms with Gasteiger partial charge in [0, 0.05) is 31.0 Å². The molecule has 2 aromatic carbocycles. The van der Waals surface area contributed by atoms with Crippen LogP contribution in [0.1, 0.15) is 17.5 Å². The van der Waals surface area contributed by atoms with Crippen molar-refractivity contribution in [3.8, 4) is 0 Å². The first-order valence-electron chi connectivity index (χ1n) is 9.43. The molecule has 4 rings (SSSR count). The summed E-state index contributed by atoms with van der Waals surface area (Å²) in [6.45, 7) is 2.51. The zero-order valence-electron chi connectivity index (χ0n) is 16.3. The third-order valence-electron chi connectivity index (χ3n) is 5.22. The number of carbonyl (C=O) groups excluding carboxylic acids is 2. The molecule has 7 heteroatoms. The van der Waals surface area contributed by atoms with Crippen molar-refractivity contribution in [2.45, 2.75) is 25.9 Å². The Labute approximate surface area is 174 Å². The molecule has 0 saturated carbocycles. The Kier molecular flexibility index (Phi) is 5.07. The number of aromatic nitrogens is 1. The van der Waals surface area contributed by atoms with Crippen LogP contribution >= 0.6 is 12.2 Å². The van der Waals surface area contributed by atoms with Crippen LogP contribution in [0, 0.1) is 6.92 Å². The summed E-state index contributed by atoms with van der Waals surface area (Å²) in [6.07, 6.45) is 1.89. The monoisotopic (exact) mass is 406 g/mol. The fraction of sp³-hybridized carbons (Fsp3) is 0.227. The van der Waals surface area contributed by atoms with Crippen LogP contribution in [-0.4, -0.2) is 44.8 Å². The summed E-state index contributed by atoms with van der Waals surface area (Å²) in [5.41, 5.74) is 3.85. The fourth-order valence-electron chi connectivity index (χ4n) is 3.56. The van der Waals surface area contributed by atoms with E-state index in [9.17, 15) is 9.59 Å². The number of aryl methyl sites for hydroxylation is 1. The van der Waals surface area contributed by atoms with Crippen LogP contribution < -0.4 is 5.32 Å². The second-order valence-corrected chi connectivity index (χ2v) is 7.71. The molecule has 0 spiro atoms. The summed E-state index contributed by atoms with van der Waals surface area (Å²) in [5.74, 6) is -0.377. The molecule has 1 fully saturated rings. The Balaban J connectivity index is 1.49. The first kappa shape index (κ1) is 19.1. The van der Waals surface area contributed by atoms with Gasteiger partial charge < -0.3 is 15.2 Å². The number of carbonyl (C=O) groups is 2. The number of fused-ring (bicyclic) bond motifs is 1. The Hall–Kier alpha value is -3.19. The number of nitrogens with zero attached hydrogens (tertiary/aromatic N) is 2. The molecule has 1 atom stereocenters. The fourth-order valence-corrected chi connectivity index (χ4v) is 3.84. The lowest BCUT2D eigenvalue weighted by atomic mass is 10.1. The van der Waals surface area contributed by atoms with Crippen LogP contribution in [0.4, 0.5) is 5.69 Å². The third kappa shape index (κ3) is 3.86. The normalized spacial score (nSPS) is 16.7. The predicted molar refractivity (Wildman–Crippen MR) is 117 cm³/mol. The average molecular weight is 407 g/mol. The highest BCUT2D eigenvalue weighted by molar-refractivity contribution is 7.80. The maximum Gasteiger partial charge on any atom is 0.251 e. The van der Waals surface area contributed by atoms with Gasteiger partial charge in [-0.25, -0.2) is 0 Å². The first-order valence-corrected chi connectivity index (χ1v) is 9.84. The van der Waals surface area contributed by atoms with E-state index in [1.54, 1.807) is 7.05 Å². The van der Waals surface area contributed by atoms with E-state index >= 15 is 0 Å². The maximum absolute atomic E-state index is 12.7. The first-order chi connectivity index (χ1) is 13.9. The molecule has 0 radical (unpaired) electrons. The van der Waals surface area contributed by atoms with Gasteiger partial charge in [0.05, 0.1) is 6.42 Å². The summed E-state index contributed by atoms with van der Waals surface area (Å²) in [5, 5.41) is 4.41. The Morgan fingerprint density at radius 1 is 1.17 bits per heavy atom. The molecule has 0 bridgehead atoms. The number of amides is 2. The van der Waals surface area contributed by atoms with Crippen LogP contribution in [-0.2, 0) is 16.1 Å². The van der Waals surface area contributed by atoms with Crippen LogP contribution in [0.5, 0.6) is 0 Å². The Bertz CT molecular complexity index is 1090. The SMILES string of the molecule is Cc1ccc(CN2C(=S)N(C)C(=O)C2CC(=O)Nc2ccc3cc[nH]c3c2)cc1. The van der Waals surface area contributed by atoms with Crippen LogP contribution in [0.3, 0.4) is 0 Å². The summed E-state index contributed by atoms with van der Waals surface area (Å²) >= 11 is 5.46. The molecule has 2 N–H and O–H groups in total. The van der Waals surface area contributed by atoms with Gasteiger partial charge >= 0.3 is 0 Å². The van der Waals surface area contributed by atoms with Crippen LogP contribution in [0.25, 0.3) is 10.9 Å². The molecule has 1 aliphatic heterocycles. The second kappa shape index (κ2) is 7.67. The number of thiocarbonyl (C=S) groups is 1. The lowest BCUT2D eigenvalue weighted by Crippen LogP contribution is -2.37. The van der Waals surface area contributed by atoms with Crippen LogP contribution in [0.15, 0.2) is 54.7 Å². The van der Waals surface area contributed by atoms with E-state index in [0.29, 0.717) is 17.3 Å². The van der Waals surface area contributed by atoms with Gasteiger partial charge in [0.25, 0.3) is 5.91 Å². The molecular formula is C22H22N4O2S. The molecule has 1 unspecified atom stereocenters. The van der Waals surface area contributed by atoms with Crippen molar-refractivity contribution in [2.24, 2.45) is 0 Å². The molecule has 1 aliphatic rings. The quantitative estimate of drug-likeness (QED) is 0.637. The van der Waals surface area contributed by atoms with E-state index in [1.165, 1.54) is 10.5 Å². The van der Waals surface area contributed by atoms with Gasteiger partial charge in [-0.05, 0) is 48.3 Å². The van der Waals surface area contributed by atoms with E-state index < -0.39 is 6.04 Å². The molecule has 2 amide bonds. The van der Waals surface area contributed by atoms with Crippen molar-refractivity contribution in [1.29, 1.82) is 0 Å². The number of rotatable bonds is 5. The predicted octanol–water partition coefficient (Wildman–Crippen LogP) is 3.43. The third-order valence-corrected chi connectivity index (χ3v) is 5.72. The summed E-state index contributed by atoms with van der Waals surface area (Å²) < 4.78 is 0. The van der Waals surface area contributed by atoms with Gasteiger partial charge in [-0.1, -0.05) is 35.9 Å². The Morgan fingerprint density at radius 2 is 1.93 bits per heavy atom. The topological polar surface area (TPSA) is 68.4 Å². The number of likely N-dealkylation sites (N-methyl/N-ethyl adjacent to an activating group) is 1. The van der Waals surface area contributed by atoms with Crippen LogP contribution in [0.2, 0.25) is 0 Å². The van der Waals surface area contributed by atoms with Gasteiger partial charge in [0.2, 0.25) is 5.91 Å². The molecule has 148 valence electrons. The molecular weight excluding hydrogens is 384 g/mol.